The van der Waals surface area contributed by atoms with Crippen LogP contribution in [-0.4, -0.2) is 13.0 Å². The average molecular weight is 249 g/mol. The first-order valence-electron chi connectivity index (χ1n) is 4.78. The molecule has 0 amide bonds. The Morgan fingerprint density at radius 3 is 2.41 bits per heavy atom. The van der Waals surface area contributed by atoms with Crippen molar-refractivity contribution in [2.24, 2.45) is 0 Å². The third-order valence-electron chi connectivity index (χ3n) is 2.02. The second-order valence-corrected chi connectivity index (χ2v) is 4.64. The van der Waals surface area contributed by atoms with E-state index in [0.29, 0.717) is 5.75 Å². The summed E-state index contributed by atoms with van der Waals surface area (Å²) < 4.78 is 36.6. The fraction of sp³-hybridized carbons (Fsp3) is 0. The maximum absolute atomic E-state index is 11.1. The monoisotopic (exact) mass is 249 g/mol. The first-order valence-corrected chi connectivity index (χ1v) is 6.22. The highest BCUT2D eigenvalue weighted by molar-refractivity contribution is 7.86. The minimum Gasteiger partial charge on any atom is -0.455 e. The summed E-state index contributed by atoms with van der Waals surface area (Å²) in [6.07, 6.45) is 0. The quantitative estimate of drug-likeness (QED) is 0.849. The van der Waals surface area contributed by atoms with Gasteiger partial charge in [-0.2, -0.15) is 8.42 Å². The molecule has 0 aromatic heterocycles. The molecule has 0 fully saturated rings. The molecule has 0 unspecified atom stereocenters. The molecule has 1 radical (unpaired) electrons. The Kier molecular flexibility index (Phi) is 3.12. The van der Waals surface area contributed by atoms with Crippen molar-refractivity contribution in [3.8, 4) is 11.5 Å². The zero-order valence-corrected chi connectivity index (χ0v) is 9.52. The molecule has 0 bridgehead atoms. The van der Waals surface area contributed by atoms with Crippen LogP contribution in [0.15, 0.2) is 53.4 Å². The smallest absolute Gasteiger partial charge is 0.298 e. The zero-order chi connectivity index (χ0) is 12.3. The third kappa shape index (κ3) is 2.83. The van der Waals surface area contributed by atoms with Crippen molar-refractivity contribution in [3.05, 3.63) is 54.6 Å². The van der Waals surface area contributed by atoms with Crippen LogP contribution in [-0.2, 0) is 10.1 Å². The van der Waals surface area contributed by atoms with Crippen LogP contribution in [0.5, 0.6) is 11.5 Å². The minimum atomic E-state index is -4.31. The molecule has 0 saturated carbocycles. The summed E-state index contributed by atoms with van der Waals surface area (Å²) in [6.45, 7) is 0. The first kappa shape index (κ1) is 11.6. The fourth-order valence-corrected chi connectivity index (χ4v) is 1.88. The summed E-state index contributed by atoms with van der Waals surface area (Å²) in [5.41, 5.74) is 0. The van der Waals surface area contributed by atoms with Crippen LogP contribution in [0.2, 0.25) is 0 Å². The van der Waals surface area contributed by atoms with Crippen LogP contribution in [0.3, 0.4) is 0 Å². The summed E-state index contributed by atoms with van der Waals surface area (Å²) in [6, 6.07) is 15.5. The van der Waals surface area contributed by atoms with Gasteiger partial charge >= 0.3 is 0 Å². The SMILES string of the molecule is O=S(=O)(O)c1ccc[c]c1Oc1ccccc1. The lowest BCUT2D eigenvalue weighted by Crippen LogP contribution is -2.00. The van der Waals surface area contributed by atoms with Crippen molar-refractivity contribution in [2.75, 3.05) is 0 Å². The molecule has 0 heterocycles. The highest BCUT2D eigenvalue weighted by Gasteiger charge is 2.16. The molecule has 17 heavy (non-hydrogen) atoms. The summed E-state index contributed by atoms with van der Waals surface area (Å²) in [5.74, 6) is 0.445. The lowest BCUT2D eigenvalue weighted by molar-refractivity contribution is 0.449. The predicted octanol–water partition coefficient (Wildman–Crippen LogP) is 2.53. The summed E-state index contributed by atoms with van der Waals surface area (Å²) in [4.78, 5) is -0.302. The van der Waals surface area contributed by atoms with Gasteiger partial charge in [-0.1, -0.05) is 30.3 Å². The number of rotatable bonds is 3. The van der Waals surface area contributed by atoms with Gasteiger partial charge in [0.05, 0.1) is 0 Å². The van der Waals surface area contributed by atoms with Crippen molar-refractivity contribution in [1.29, 1.82) is 0 Å². The molecule has 0 aliphatic rings. The third-order valence-corrected chi connectivity index (χ3v) is 2.90. The van der Waals surface area contributed by atoms with Crippen molar-refractivity contribution in [3.63, 3.8) is 0 Å². The Hall–Kier alpha value is -1.85. The molecule has 0 aliphatic carbocycles. The van der Waals surface area contributed by atoms with Crippen LogP contribution in [0.25, 0.3) is 0 Å². The molecule has 5 heteroatoms. The molecular weight excluding hydrogens is 240 g/mol. The molecule has 0 aliphatic heterocycles. The highest BCUT2D eigenvalue weighted by Crippen LogP contribution is 2.27. The Balaban J connectivity index is 2.41. The molecule has 0 spiro atoms. The molecule has 87 valence electrons. The van der Waals surface area contributed by atoms with E-state index in [4.69, 9.17) is 9.29 Å². The van der Waals surface area contributed by atoms with Gasteiger partial charge < -0.3 is 4.74 Å². The van der Waals surface area contributed by atoms with E-state index in [-0.39, 0.29) is 10.6 Å². The van der Waals surface area contributed by atoms with Crippen molar-refractivity contribution in [2.45, 2.75) is 4.90 Å². The standard InChI is InChI=1S/C12H9O4S/c13-17(14,15)12-9-5-4-8-11(12)16-10-6-2-1-3-7-10/h1-7,9H,(H,13,14,15). The van der Waals surface area contributed by atoms with Gasteiger partial charge in [0.15, 0.2) is 5.75 Å². The van der Waals surface area contributed by atoms with Gasteiger partial charge in [-0.25, -0.2) is 0 Å². The van der Waals surface area contributed by atoms with Gasteiger partial charge in [-0.05, 0) is 18.2 Å². The van der Waals surface area contributed by atoms with Crippen molar-refractivity contribution >= 4 is 10.1 Å². The molecule has 2 aromatic carbocycles. The van der Waals surface area contributed by atoms with Gasteiger partial charge in [0.25, 0.3) is 10.1 Å². The molecule has 4 nitrogen and oxygen atoms in total. The Bertz CT molecular complexity index is 605. The van der Waals surface area contributed by atoms with Crippen LogP contribution in [0, 0.1) is 6.07 Å². The number of hydrogen-bond donors (Lipinski definition) is 1. The first-order chi connectivity index (χ1) is 8.07. The fourth-order valence-electron chi connectivity index (χ4n) is 1.30. The normalized spacial score (nSPS) is 11.1. The maximum Gasteiger partial charge on any atom is 0.298 e. The highest BCUT2D eigenvalue weighted by atomic mass is 32.2. The van der Waals surface area contributed by atoms with Gasteiger partial charge in [0, 0.05) is 6.07 Å². The van der Waals surface area contributed by atoms with Gasteiger partial charge in [-0.15, -0.1) is 0 Å². The van der Waals surface area contributed by atoms with E-state index in [1.165, 1.54) is 18.2 Å². The molecular formula is C12H9O4S. The molecule has 0 saturated heterocycles. The van der Waals surface area contributed by atoms with E-state index in [9.17, 15) is 8.42 Å². The van der Waals surface area contributed by atoms with Crippen molar-refractivity contribution in [1.82, 2.24) is 0 Å². The molecule has 1 N–H and O–H groups in total. The van der Waals surface area contributed by atoms with Crippen LogP contribution < -0.4 is 4.74 Å². The largest absolute Gasteiger partial charge is 0.455 e. The second kappa shape index (κ2) is 4.57. The second-order valence-electron chi connectivity index (χ2n) is 3.25. The van der Waals surface area contributed by atoms with Crippen LogP contribution >= 0.6 is 0 Å². The predicted molar refractivity (Wildman–Crippen MR) is 61.6 cm³/mol. The Morgan fingerprint density at radius 2 is 1.76 bits per heavy atom. The van der Waals surface area contributed by atoms with E-state index in [1.807, 2.05) is 6.07 Å². The number of hydrogen-bond acceptors (Lipinski definition) is 3. The summed E-state index contributed by atoms with van der Waals surface area (Å²) in [7, 11) is -4.31. The molecule has 2 aromatic rings. The van der Waals surface area contributed by atoms with Gasteiger partial charge in [0.2, 0.25) is 0 Å². The van der Waals surface area contributed by atoms with Gasteiger partial charge in [-0.3, -0.25) is 4.55 Å². The minimum absolute atomic E-state index is 0.0267. The molecule has 2 rings (SSSR count). The van der Waals surface area contributed by atoms with E-state index in [0.717, 1.165) is 0 Å². The topological polar surface area (TPSA) is 63.6 Å². The van der Waals surface area contributed by atoms with E-state index >= 15 is 0 Å². The summed E-state index contributed by atoms with van der Waals surface area (Å²) in [5, 5.41) is 0. The number of para-hydroxylation sites is 2. The van der Waals surface area contributed by atoms with E-state index in [2.05, 4.69) is 6.07 Å². The van der Waals surface area contributed by atoms with Gasteiger partial charge in [0.1, 0.15) is 10.6 Å². The molecule has 0 atom stereocenters. The van der Waals surface area contributed by atoms with Crippen LogP contribution in [0.1, 0.15) is 0 Å². The maximum atomic E-state index is 11.1. The zero-order valence-electron chi connectivity index (χ0n) is 8.70. The lowest BCUT2D eigenvalue weighted by atomic mass is 10.3. The summed E-state index contributed by atoms with van der Waals surface area (Å²) >= 11 is 0. The average Bonchev–Trinajstić information content (AvgIpc) is 2.30. The van der Waals surface area contributed by atoms with Crippen LogP contribution in [0.4, 0.5) is 0 Å². The van der Waals surface area contributed by atoms with Crippen molar-refractivity contribution < 1.29 is 17.7 Å². The lowest BCUT2D eigenvalue weighted by Gasteiger charge is -2.08. The number of ether oxygens (including phenoxy) is 1. The number of benzene rings is 2. The van der Waals surface area contributed by atoms with E-state index < -0.39 is 10.1 Å². The Labute approximate surface area is 99.2 Å². The van der Waals surface area contributed by atoms with E-state index in [1.54, 1.807) is 24.3 Å². The Morgan fingerprint density at radius 1 is 1.06 bits per heavy atom.